The van der Waals surface area contributed by atoms with Crippen molar-refractivity contribution in [1.29, 1.82) is 0 Å². The number of aromatic nitrogens is 2. The number of rotatable bonds is 5. The number of carbonyl (C=O) groups excluding carboxylic acids is 1. The molecule has 0 aliphatic carbocycles. The van der Waals surface area contributed by atoms with Crippen molar-refractivity contribution in [2.24, 2.45) is 0 Å². The van der Waals surface area contributed by atoms with Gasteiger partial charge in [-0.05, 0) is 25.5 Å². The second-order valence-corrected chi connectivity index (χ2v) is 4.98. The first-order valence-corrected chi connectivity index (χ1v) is 6.85. The van der Waals surface area contributed by atoms with Crippen LogP contribution in [0.3, 0.4) is 0 Å². The summed E-state index contributed by atoms with van der Waals surface area (Å²) in [7, 11) is 0. The number of hydrogen-bond donors (Lipinski definition) is 1. The van der Waals surface area contributed by atoms with Gasteiger partial charge in [-0.1, -0.05) is 30.3 Å². The molecule has 0 saturated heterocycles. The minimum absolute atomic E-state index is 0.191. The molecule has 114 valence electrons. The van der Waals surface area contributed by atoms with Crippen molar-refractivity contribution in [3.05, 3.63) is 59.7 Å². The van der Waals surface area contributed by atoms with Gasteiger partial charge in [0.2, 0.25) is 0 Å². The van der Waals surface area contributed by atoms with Crippen LogP contribution in [0.5, 0.6) is 0 Å². The molecule has 1 aromatic carbocycles. The SMILES string of the molecule is Cc1cc(C(=O)N(Cc2ccccc2)C(C)C(=O)O)ncn1. The quantitative estimate of drug-likeness (QED) is 0.911. The Bertz CT molecular complexity index is 673. The van der Waals surface area contributed by atoms with Gasteiger partial charge in [0.25, 0.3) is 5.91 Å². The number of carboxylic acid groups (broad SMARTS) is 1. The van der Waals surface area contributed by atoms with E-state index in [1.54, 1.807) is 13.0 Å². The van der Waals surface area contributed by atoms with E-state index in [1.807, 2.05) is 30.3 Å². The number of nitrogens with zero attached hydrogens (tertiary/aromatic N) is 3. The molecule has 1 aromatic heterocycles. The third kappa shape index (κ3) is 3.66. The summed E-state index contributed by atoms with van der Waals surface area (Å²) in [6.45, 7) is 3.44. The molecule has 0 fully saturated rings. The van der Waals surface area contributed by atoms with Gasteiger partial charge in [0.05, 0.1) is 0 Å². The Morgan fingerprint density at radius 1 is 1.23 bits per heavy atom. The average Bonchev–Trinajstić information content (AvgIpc) is 2.52. The van der Waals surface area contributed by atoms with Crippen LogP contribution in [0.1, 0.15) is 28.7 Å². The van der Waals surface area contributed by atoms with Crippen LogP contribution < -0.4 is 0 Å². The fourth-order valence-electron chi connectivity index (χ4n) is 2.02. The van der Waals surface area contributed by atoms with Crippen LogP contribution in [0.2, 0.25) is 0 Å². The summed E-state index contributed by atoms with van der Waals surface area (Å²) in [5.41, 5.74) is 1.70. The molecule has 0 aliphatic heterocycles. The topological polar surface area (TPSA) is 83.4 Å². The molecule has 1 atom stereocenters. The van der Waals surface area contributed by atoms with Crippen molar-refractivity contribution in [3.63, 3.8) is 0 Å². The van der Waals surface area contributed by atoms with Gasteiger partial charge in [0.15, 0.2) is 0 Å². The van der Waals surface area contributed by atoms with E-state index in [1.165, 1.54) is 18.2 Å². The minimum Gasteiger partial charge on any atom is -0.480 e. The predicted octanol–water partition coefficient (Wildman–Crippen LogP) is 1.90. The van der Waals surface area contributed by atoms with E-state index >= 15 is 0 Å². The third-order valence-corrected chi connectivity index (χ3v) is 3.30. The molecule has 0 radical (unpaired) electrons. The lowest BCUT2D eigenvalue weighted by Gasteiger charge is -2.26. The summed E-state index contributed by atoms with van der Waals surface area (Å²) >= 11 is 0. The normalized spacial score (nSPS) is 11.7. The second-order valence-electron chi connectivity index (χ2n) is 4.98. The first kappa shape index (κ1) is 15.6. The predicted molar refractivity (Wildman–Crippen MR) is 80.2 cm³/mol. The van der Waals surface area contributed by atoms with E-state index in [9.17, 15) is 14.7 Å². The van der Waals surface area contributed by atoms with Crippen molar-refractivity contribution in [2.75, 3.05) is 0 Å². The molecule has 2 aromatic rings. The van der Waals surface area contributed by atoms with Crippen molar-refractivity contribution in [3.8, 4) is 0 Å². The third-order valence-electron chi connectivity index (χ3n) is 3.30. The highest BCUT2D eigenvalue weighted by Gasteiger charge is 2.27. The maximum Gasteiger partial charge on any atom is 0.326 e. The van der Waals surface area contributed by atoms with Gasteiger partial charge in [-0.2, -0.15) is 0 Å². The molecule has 0 bridgehead atoms. The molecule has 0 saturated carbocycles. The van der Waals surface area contributed by atoms with Crippen LogP contribution >= 0.6 is 0 Å². The summed E-state index contributed by atoms with van der Waals surface area (Å²) < 4.78 is 0. The smallest absolute Gasteiger partial charge is 0.326 e. The summed E-state index contributed by atoms with van der Waals surface area (Å²) in [5.74, 6) is -1.49. The van der Waals surface area contributed by atoms with Gasteiger partial charge in [-0.25, -0.2) is 14.8 Å². The number of benzene rings is 1. The average molecular weight is 299 g/mol. The number of amides is 1. The molecule has 1 unspecified atom stereocenters. The Balaban J connectivity index is 2.31. The van der Waals surface area contributed by atoms with Crippen molar-refractivity contribution in [1.82, 2.24) is 14.9 Å². The molecule has 0 aliphatic rings. The Hall–Kier alpha value is -2.76. The maximum atomic E-state index is 12.6. The van der Waals surface area contributed by atoms with E-state index in [-0.39, 0.29) is 12.2 Å². The largest absolute Gasteiger partial charge is 0.480 e. The molecule has 6 nitrogen and oxygen atoms in total. The molecule has 1 amide bonds. The van der Waals surface area contributed by atoms with Gasteiger partial charge in [0, 0.05) is 12.2 Å². The zero-order chi connectivity index (χ0) is 16.1. The summed E-state index contributed by atoms with van der Waals surface area (Å²) in [6.07, 6.45) is 1.30. The van der Waals surface area contributed by atoms with Crippen molar-refractivity contribution in [2.45, 2.75) is 26.4 Å². The van der Waals surface area contributed by atoms with E-state index in [0.29, 0.717) is 5.69 Å². The molecule has 1 heterocycles. The summed E-state index contributed by atoms with van der Waals surface area (Å²) in [5, 5.41) is 9.25. The Kier molecular flexibility index (Phi) is 4.83. The first-order valence-electron chi connectivity index (χ1n) is 6.85. The zero-order valence-corrected chi connectivity index (χ0v) is 12.4. The van der Waals surface area contributed by atoms with Crippen LogP contribution in [-0.4, -0.2) is 37.9 Å². The van der Waals surface area contributed by atoms with Crippen LogP contribution in [-0.2, 0) is 11.3 Å². The maximum absolute atomic E-state index is 12.6. The lowest BCUT2D eigenvalue weighted by Crippen LogP contribution is -2.43. The van der Waals surface area contributed by atoms with Gasteiger partial charge < -0.3 is 10.0 Å². The highest BCUT2D eigenvalue weighted by molar-refractivity contribution is 5.94. The fraction of sp³-hybridized carbons (Fsp3) is 0.250. The molecule has 2 rings (SSSR count). The monoisotopic (exact) mass is 299 g/mol. The van der Waals surface area contributed by atoms with Crippen molar-refractivity contribution < 1.29 is 14.7 Å². The Morgan fingerprint density at radius 3 is 2.50 bits per heavy atom. The van der Waals surface area contributed by atoms with Crippen LogP contribution in [0.4, 0.5) is 0 Å². The zero-order valence-electron chi connectivity index (χ0n) is 12.4. The van der Waals surface area contributed by atoms with Gasteiger partial charge in [-0.15, -0.1) is 0 Å². The van der Waals surface area contributed by atoms with Crippen LogP contribution in [0, 0.1) is 6.92 Å². The van der Waals surface area contributed by atoms with E-state index in [0.717, 1.165) is 5.56 Å². The minimum atomic E-state index is -1.06. The van der Waals surface area contributed by atoms with Crippen molar-refractivity contribution >= 4 is 11.9 Å². The highest BCUT2D eigenvalue weighted by atomic mass is 16.4. The molecule has 6 heteroatoms. The van der Waals surface area contributed by atoms with Gasteiger partial charge >= 0.3 is 5.97 Å². The van der Waals surface area contributed by atoms with Crippen LogP contribution in [0.15, 0.2) is 42.7 Å². The van der Waals surface area contributed by atoms with Gasteiger partial charge in [0.1, 0.15) is 18.1 Å². The molecule has 1 N–H and O–H groups in total. The number of aryl methyl sites for hydroxylation is 1. The van der Waals surface area contributed by atoms with Gasteiger partial charge in [-0.3, -0.25) is 4.79 Å². The highest BCUT2D eigenvalue weighted by Crippen LogP contribution is 2.13. The second kappa shape index (κ2) is 6.80. The Morgan fingerprint density at radius 2 is 1.91 bits per heavy atom. The Labute approximate surface area is 128 Å². The van der Waals surface area contributed by atoms with E-state index < -0.39 is 17.9 Å². The van der Waals surface area contributed by atoms with E-state index in [2.05, 4.69) is 9.97 Å². The number of hydrogen-bond acceptors (Lipinski definition) is 4. The summed E-state index contributed by atoms with van der Waals surface area (Å²) in [6, 6.07) is 9.85. The lowest BCUT2D eigenvalue weighted by molar-refractivity contribution is -0.141. The molecular formula is C16H17N3O3. The van der Waals surface area contributed by atoms with Crippen LogP contribution in [0.25, 0.3) is 0 Å². The molecule has 0 spiro atoms. The summed E-state index contributed by atoms with van der Waals surface area (Å²) in [4.78, 5) is 33.1. The fourth-order valence-corrected chi connectivity index (χ4v) is 2.02. The number of carbonyl (C=O) groups is 2. The molecular weight excluding hydrogens is 282 g/mol. The van der Waals surface area contributed by atoms with E-state index in [4.69, 9.17) is 0 Å². The first-order chi connectivity index (χ1) is 10.5. The lowest BCUT2D eigenvalue weighted by atomic mass is 10.1. The number of aliphatic carboxylic acids is 1. The number of carboxylic acids is 1. The molecule has 22 heavy (non-hydrogen) atoms. The standard InChI is InChI=1S/C16H17N3O3/c1-11-8-14(18-10-17-11)15(20)19(12(2)16(21)22)9-13-6-4-3-5-7-13/h3-8,10,12H,9H2,1-2H3,(H,21,22).